The summed E-state index contributed by atoms with van der Waals surface area (Å²) in [7, 11) is 0. The molecule has 0 unspecified atom stereocenters. The van der Waals surface area contributed by atoms with Crippen molar-refractivity contribution in [2.75, 3.05) is 18.4 Å². The van der Waals surface area contributed by atoms with Crippen molar-refractivity contribution in [2.24, 2.45) is 0 Å². The number of para-hydroxylation sites is 1. The van der Waals surface area contributed by atoms with Gasteiger partial charge in [0.15, 0.2) is 0 Å². The standard InChI is InChI=1S/C19H19ClN4O/c1-2-24(12-9-15-7-10-22-11-8-15)14-16(13-21)19(25)23-18-6-4-3-5-17(18)20/h3-8,10-11,14H,2,9,12H2,1H3,(H,23,25)/b16-14-. The van der Waals surface area contributed by atoms with Crippen LogP contribution in [0.4, 0.5) is 5.69 Å². The Hall–Kier alpha value is -2.84. The first-order valence-electron chi connectivity index (χ1n) is 7.94. The van der Waals surface area contributed by atoms with Crippen molar-refractivity contribution in [1.82, 2.24) is 9.88 Å². The van der Waals surface area contributed by atoms with Crippen molar-refractivity contribution in [3.63, 3.8) is 0 Å². The third kappa shape index (κ3) is 5.63. The van der Waals surface area contributed by atoms with Crippen molar-refractivity contribution in [3.05, 3.63) is 71.2 Å². The molecular weight excluding hydrogens is 336 g/mol. The Kier molecular flexibility index (Phi) is 7.00. The molecule has 1 aromatic heterocycles. The maximum absolute atomic E-state index is 12.3. The van der Waals surface area contributed by atoms with Crippen LogP contribution in [0.2, 0.25) is 5.02 Å². The highest BCUT2D eigenvalue weighted by atomic mass is 35.5. The highest BCUT2D eigenvalue weighted by Gasteiger charge is 2.12. The van der Waals surface area contributed by atoms with Gasteiger partial charge in [-0.25, -0.2) is 0 Å². The van der Waals surface area contributed by atoms with Crippen LogP contribution in [0.15, 0.2) is 60.6 Å². The van der Waals surface area contributed by atoms with Crippen LogP contribution in [0.5, 0.6) is 0 Å². The SMILES string of the molecule is CCN(/C=C(/C#N)C(=O)Nc1ccccc1Cl)CCc1ccncc1. The van der Waals surface area contributed by atoms with E-state index in [9.17, 15) is 10.1 Å². The Morgan fingerprint density at radius 1 is 1.32 bits per heavy atom. The molecule has 2 aromatic rings. The van der Waals surface area contributed by atoms with Gasteiger partial charge in [0.25, 0.3) is 5.91 Å². The summed E-state index contributed by atoms with van der Waals surface area (Å²) in [4.78, 5) is 18.3. The molecule has 0 saturated carbocycles. The van der Waals surface area contributed by atoms with E-state index in [0.29, 0.717) is 23.8 Å². The van der Waals surface area contributed by atoms with Crippen LogP contribution in [-0.4, -0.2) is 28.9 Å². The summed E-state index contributed by atoms with van der Waals surface area (Å²) in [5, 5.41) is 12.4. The van der Waals surface area contributed by atoms with Gasteiger partial charge in [0, 0.05) is 31.7 Å². The second-order valence-electron chi connectivity index (χ2n) is 5.32. The van der Waals surface area contributed by atoms with Crippen LogP contribution in [0.25, 0.3) is 0 Å². The fraction of sp³-hybridized carbons (Fsp3) is 0.211. The summed E-state index contributed by atoms with van der Waals surface area (Å²) in [5.74, 6) is -0.474. The normalized spacial score (nSPS) is 10.8. The van der Waals surface area contributed by atoms with E-state index in [1.807, 2.05) is 30.0 Å². The first-order valence-corrected chi connectivity index (χ1v) is 8.32. The number of likely N-dealkylation sites (N-methyl/N-ethyl adjacent to an activating group) is 1. The molecule has 6 heteroatoms. The highest BCUT2D eigenvalue weighted by Crippen LogP contribution is 2.21. The van der Waals surface area contributed by atoms with Gasteiger partial charge in [-0.2, -0.15) is 5.26 Å². The number of carbonyl (C=O) groups is 1. The molecule has 0 bridgehead atoms. The number of aromatic nitrogens is 1. The quantitative estimate of drug-likeness (QED) is 0.608. The monoisotopic (exact) mass is 354 g/mol. The zero-order valence-electron chi connectivity index (χ0n) is 13.9. The molecule has 5 nitrogen and oxygen atoms in total. The Labute approximate surface area is 152 Å². The number of nitriles is 1. The molecule has 0 atom stereocenters. The molecule has 25 heavy (non-hydrogen) atoms. The third-order valence-electron chi connectivity index (χ3n) is 3.64. The van der Waals surface area contributed by atoms with E-state index in [1.54, 1.807) is 42.9 Å². The molecule has 2 rings (SSSR count). The lowest BCUT2D eigenvalue weighted by molar-refractivity contribution is -0.112. The number of hydrogen-bond donors (Lipinski definition) is 1. The first kappa shape index (κ1) is 18.5. The van der Waals surface area contributed by atoms with Gasteiger partial charge in [0.2, 0.25) is 0 Å². The molecule has 0 aliphatic carbocycles. The lowest BCUT2D eigenvalue weighted by atomic mass is 10.2. The van der Waals surface area contributed by atoms with Crippen LogP contribution in [0.1, 0.15) is 12.5 Å². The third-order valence-corrected chi connectivity index (χ3v) is 3.97. The van der Waals surface area contributed by atoms with Crippen LogP contribution in [0, 0.1) is 11.3 Å². The molecular formula is C19H19ClN4O. The van der Waals surface area contributed by atoms with Gasteiger partial charge in [0.05, 0.1) is 10.7 Å². The van der Waals surface area contributed by atoms with Gasteiger partial charge in [-0.15, -0.1) is 0 Å². The van der Waals surface area contributed by atoms with Crippen molar-refractivity contribution in [2.45, 2.75) is 13.3 Å². The Bertz CT molecular complexity index is 784. The molecule has 1 heterocycles. The fourth-order valence-corrected chi connectivity index (χ4v) is 2.39. The topological polar surface area (TPSA) is 69.0 Å². The summed E-state index contributed by atoms with van der Waals surface area (Å²) in [6, 6.07) is 12.8. The van der Waals surface area contributed by atoms with Gasteiger partial charge >= 0.3 is 0 Å². The summed E-state index contributed by atoms with van der Waals surface area (Å²) in [5.41, 5.74) is 1.67. The Balaban J connectivity index is 2.04. The average molecular weight is 355 g/mol. The number of carbonyl (C=O) groups excluding carboxylic acids is 1. The second-order valence-corrected chi connectivity index (χ2v) is 5.73. The van der Waals surface area contributed by atoms with E-state index in [1.165, 1.54) is 0 Å². The lowest BCUT2D eigenvalue weighted by Crippen LogP contribution is -2.23. The largest absolute Gasteiger partial charge is 0.376 e. The summed E-state index contributed by atoms with van der Waals surface area (Å²) in [6.45, 7) is 3.37. The van der Waals surface area contributed by atoms with Crippen LogP contribution in [0.3, 0.4) is 0 Å². The van der Waals surface area contributed by atoms with Crippen LogP contribution in [-0.2, 0) is 11.2 Å². The molecule has 1 amide bonds. The molecule has 1 aromatic carbocycles. The van der Waals surface area contributed by atoms with Crippen LogP contribution >= 0.6 is 11.6 Å². The lowest BCUT2D eigenvalue weighted by Gasteiger charge is -2.18. The molecule has 0 fully saturated rings. The molecule has 1 N–H and O–H groups in total. The maximum atomic E-state index is 12.3. The number of rotatable bonds is 7. The number of hydrogen-bond acceptors (Lipinski definition) is 4. The van der Waals surface area contributed by atoms with E-state index < -0.39 is 5.91 Å². The van der Waals surface area contributed by atoms with Gasteiger partial charge in [-0.1, -0.05) is 23.7 Å². The van der Waals surface area contributed by atoms with Crippen molar-refractivity contribution < 1.29 is 4.79 Å². The smallest absolute Gasteiger partial charge is 0.267 e. The minimum Gasteiger partial charge on any atom is -0.376 e. The summed E-state index contributed by atoms with van der Waals surface area (Å²) < 4.78 is 0. The average Bonchev–Trinajstić information content (AvgIpc) is 2.64. The van der Waals surface area contributed by atoms with E-state index in [2.05, 4.69) is 10.3 Å². The minimum absolute atomic E-state index is 0.0384. The van der Waals surface area contributed by atoms with E-state index in [-0.39, 0.29) is 5.57 Å². The van der Waals surface area contributed by atoms with Gasteiger partial charge in [-0.3, -0.25) is 9.78 Å². The number of halogens is 1. The molecule has 0 aliphatic rings. The zero-order chi connectivity index (χ0) is 18.1. The predicted molar refractivity (Wildman–Crippen MR) is 99.0 cm³/mol. The number of pyridine rings is 1. The number of nitrogens with one attached hydrogen (secondary N) is 1. The number of amides is 1. The van der Waals surface area contributed by atoms with Crippen molar-refractivity contribution in [3.8, 4) is 6.07 Å². The van der Waals surface area contributed by atoms with Crippen molar-refractivity contribution >= 4 is 23.2 Å². The van der Waals surface area contributed by atoms with Gasteiger partial charge in [-0.05, 0) is 43.2 Å². The van der Waals surface area contributed by atoms with Gasteiger partial charge in [0.1, 0.15) is 11.6 Å². The molecule has 0 spiro atoms. The summed E-state index contributed by atoms with van der Waals surface area (Å²) in [6.07, 6.45) is 5.89. The molecule has 128 valence electrons. The molecule has 0 aliphatic heterocycles. The number of benzene rings is 1. The predicted octanol–water partition coefficient (Wildman–Crippen LogP) is 3.65. The Morgan fingerprint density at radius 2 is 2.04 bits per heavy atom. The van der Waals surface area contributed by atoms with Crippen LogP contribution < -0.4 is 5.32 Å². The Morgan fingerprint density at radius 3 is 2.68 bits per heavy atom. The maximum Gasteiger partial charge on any atom is 0.267 e. The summed E-state index contributed by atoms with van der Waals surface area (Å²) >= 11 is 6.03. The first-order chi connectivity index (χ1) is 12.1. The zero-order valence-corrected chi connectivity index (χ0v) is 14.7. The number of anilines is 1. The second kappa shape index (κ2) is 9.45. The van der Waals surface area contributed by atoms with E-state index in [4.69, 9.17) is 11.6 Å². The minimum atomic E-state index is -0.474. The van der Waals surface area contributed by atoms with Gasteiger partial charge < -0.3 is 10.2 Å². The highest BCUT2D eigenvalue weighted by molar-refractivity contribution is 6.33. The molecule has 0 radical (unpaired) electrons. The van der Waals surface area contributed by atoms with Crippen molar-refractivity contribution in [1.29, 1.82) is 5.26 Å². The fourth-order valence-electron chi connectivity index (χ4n) is 2.21. The van der Waals surface area contributed by atoms with E-state index in [0.717, 1.165) is 12.0 Å². The van der Waals surface area contributed by atoms with E-state index >= 15 is 0 Å². The number of nitrogens with zero attached hydrogens (tertiary/aromatic N) is 3. The molecule has 0 saturated heterocycles.